The number of nitrogens with two attached hydrogens (primary N) is 2. The summed E-state index contributed by atoms with van der Waals surface area (Å²) in [7, 11) is 0. The second-order valence-corrected chi connectivity index (χ2v) is 5.52. The monoisotopic (exact) mass is 322 g/mol. The maximum Gasteiger partial charge on any atom is 0.227 e. The zero-order valence-electron chi connectivity index (χ0n) is 13.0. The van der Waals surface area contributed by atoms with Gasteiger partial charge in [-0.2, -0.15) is 0 Å². The Kier molecular flexibility index (Phi) is 4.15. The summed E-state index contributed by atoms with van der Waals surface area (Å²) in [6.07, 6.45) is 0.152. The predicted molar refractivity (Wildman–Crippen MR) is 93.5 cm³/mol. The van der Waals surface area contributed by atoms with E-state index in [0.29, 0.717) is 23.6 Å². The van der Waals surface area contributed by atoms with Gasteiger partial charge in [-0.3, -0.25) is 10.2 Å². The fourth-order valence-corrected chi connectivity index (χ4v) is 2.36. The molecule has 0 spiro atoms. The van der Waals surface area contributed by atoms with Gasteiger partial charge in [0.2, 0.25) is 5.91 Å². The number of carbonyl (C=O) groups excluding carboxylic acids is 1. The van der Waals surface area contributed by atoms with Gasteiger partial charge in [-0.05, 0) is 35.9 Å². The highest BCUT2D eigenvalue weighted by molar-refractivity contribution is 5.98. The summed E-state index contributed by atoms with van der Waals surface area (Å²) >= 11 is 0. The summed E-state index contributed by atoms with van der Waals surface area (Å²) < 4.78 is 0. The molecule has 2 aromatic carbocycles. The first-order valence-corrected chi connectivity index (χ1v) is 7.45. The molecule has 0 bridgehead atoms. The zero-order valence-corrected chi connectivity index (χ0v) is 13.0. The molecule has 7 N–H and O–H groups in total. The summed E-state index contributed by atoms with van der Waals surface area (Å²) in [5, 5.41) is 10.3. The van der Waals surface area contributed by atoms with Crippen LogP contribution in [0, 0.1) is 5.41 Å². The van der Waals surface area contributed by atoms with Crippen molar-refractivity contribution in [3.05, 3.63) is 59.4 Å². The molecule has 0 aliphatic carbocycles. The van der Waals surface area contributed by atoms with Crippen molar-refractivity contribution in [2.75, 3.05) is 5.73 Å². The van der Waals surface area contributed by atoms with E-state index in [-0.39, 0.29) is 18.2 Å². The Morgan fingerprint density at radius 2 is 1.96 bits per heavy atom. The van der Waals surface area contributed by atoms with Crippen LogP contribution < -0.4 is 16.8 Å². The Hall–Kier alpha value is -3.35. The van der Waals surface area contributed by atoms with E-state index in [1.807, 2.05) is 12.1 Å². The molecule has 0 atom stereocenters. The van der Waals surface area contributed by atoms with E-state index in [1.54, 1.807) is 30.3 Å². The zero-order chi connectivity index (χ0) is 17.1. The average molecular weight is 322 g/mol. The van der Waals surface area contributed by atoms with Gasteiger partial charge in [-0.15, -0.1) is 0 Å². The van der Waals surface area contributed by atoms with E-state index in [9.17, 15) is 4.79 Å². The van der Waals surface area contributed by atoms with Gasteiger partial charge in [0.15, 0.2) is 0 Å². The Morgan fingerprint density at radius 3 is 2.67 bits per heavy atom. The van der Waals surface area contributed by atoms with Crippen LogP contribution in [0.1, 0.15) is 17.0 Å². The predicted octanol–water partition coefficient (Wildman–Crippen LogP) is 1.29. The van der Waals surface area contributed by atoms with E-state index in [4.69, 9.17) is 16.9 Å². The molecule has 7 heteroatoms. The number of benzene rings is 2. The lowest BCUT2D eigenvalue weighted by atomic mass is 10.2. The molecule has 0 saturated carbocycles. The number of imidazole rings is 1. The first-order chi connectivity index (χ1) is 11.5. The van der Waals surface area contributed by atoms with Gasteiger partial charge >= 0.3 is 0 Å². The number of carbonyl (C=O) groups is 1. The van der Waals surface area contributed by atoms with Gasteiger partial charge in [0.1, 0.15) is 11.7 Å². The number of nitrogens with zero attached hydrogens (tertiary/aromatic N) is 1. The minimum Gasteiger partial charge on any atom is -0.399 e. The van der Waals surface area contributed by atoms with Crippen LogP contribution >= 0.6 is 0 Å². The quantitative estimate of drug-likeness (QED) is 0.275. The minimum atomic E-state index is -0.127. The number of aromatic nitrogens is 2. The Labute approximate surface area is 138 Å². The summed E-state index contributed by atoms with van der Waals surface area (Å²) in [5.41, 5.74) is 14.9. The molecule has 0 fully saturated rings. The maximum absolute atomic E-state index is 12.1. The Balaban J connectivity index is 1.64. The summed E-state index contributed by atoms with van der Waals surface area (Å²) in [4.78, 5) is 19.5. The third kappa shape index (κ3) is 3.52. The van der Waals surface area contributed by atoms with Gasteiger partial charge in [-0.25, -0.2) is 4.98 Å². The molecule has 0 aliphatic heterocycles. The first-order valence-electron chi connectivity index (χ1n) is 7.45. The van der Waals surface area contributed by atoms with Crippen molar-refractivity contribution in [3.63, 3.8) is 0 Å². The molecule has 7 nitrogen and oxygen atoms in total. The number of nitrogen functional groups attached to an aromatic ring is 2. The lowest BCUT2D eigenvalue weighted by Crippen LogP contribution is -2.24. The van der Waals surface area contributed by atoms with Gasteiger partial charge in [0, 0.05) is 17.8 Å². The molecule has 1 aromatic heterocycles. The molecule has 0 aliphatic rings. The normalized spacial score (nSPS) is 10.7. The molecule has 24 heavy (non-hydrogen) atoms. The van der Waals surface area contributed by atoms with E-state index in [0.717, 1.165) is 16.6 Å². The lowest BCUT2D eigenvalue weighted by molar-refractivity contribution is -0.120. The topological polar surface area (TPSA) is 134 Å². The van der Waals surface area contributed by atoms with Crippen LogP contribution in [-0.4, -0.2) is 21.7 Å². The van der Waals surface area contributed by atoms with E-state index >= 15 is 0 Å². The van der Waals surface area contributed by atoms with Crippen molar-refractivity contribution in [1.82, 2.24) is 15.3 Å². The molecular weight excluding hydrogens is 304 g/mol. The van der Waals surface area contributed by atoms with Crippen LogP contribution in [0.25, 0.3) is 11.0 Å². The van der Waals surface area contributed by atoms with Crippen molar-refractivity contribution in [2.24, 2.45) is 5.73 Å². The van der Waals surface area contributed by atoms with Crippen molar-refractivity contribution in [1.29, 1.82) is 5.41 Å². The smallest absolute Gasteiger partial charge is 0.227 e. The van der Waals surface area contributed by atoms with E-state index in [2.05, 4.69) is 15.3 Å². The number of rotatable bonds is 5. The number of hydrogen-bond donors (Lipinski definition) is 5. The van der Waals surface area contributed by atoms with E-state index in [1.165, 1.54) is 0 Å². The average Bonchev–Trinajstić information content (AvgIpc) is 2.95. The third-order valence-corrected chi connectivity index (χ3v) is 3.64. The number of amides is 1. The Bertz CT molecular complexity index is 897. The fraction of sp³-hybridized carbons (Fsp3) is 0.118. The highest BCUT2D eigenvalue weighted by atomic mass is 16.1. The van der Waals surface area contributed by atoms with Gasteiger partial charge in [-0.1, -0.05) is 12.1 Å². The molecular formula is C17H18N6O. The molecule has 0 radical (unpaired) electrons. The first kappa shape index (κ1) is 15.5. The van der Waals surface area contributed by atoms with Crippen molar-refractivity contribution >= 4 is 28.5 Å². The fourth-order valence-electron chi connectivity index (χ4n) is 2.36. The van der Waals surface area contributed by atoms with E-state index < -0.39 is 0 Å². The summed E-state index contributed by atoms with van der Waals surface area (Å²) in [6.45, 7) is 0.438. The van der Waals surface area contributed by atoms with Crippen LogP contribution in [0.2, 0.25) is 0 Å². The van der Waals surface area contributed by atoms with Crippen LogP contribution in [0.3, 0.4) is 0 Å². The van der Waals surface area contributed by atoms with Gasteiger partial charge in [0.25, 0.3) is 0 Å². The van der Waals surface area contributed by atoms with Crippen LogP contribution in [0.15, 0.2) is 42.5 Å². The van der Waals surface area contributed by atoms with Crippen LogP contribution in [0.4, 0.5) is 5.69 Å². The lowest BCUT2D eigenvalue weighted by Gasteiger charge is -2.04. The molecule has 3 rings (SSSR count). The molecule has 1 heterocycles. The largest absolute Gasteiger partial charge is 0.399 e. The summed E-state index contributed by atoms with van der Waals surface area (Å²) in [6, 6.07) is 12.6. The molecule has 0 saturated heterocycles. The number of H-pyrrole nitrogens is 1. The molecule has 3 aromatic rings. The molecule has 0 unspecified atom stereocenters. The second kappa shape index (κ2) is 6.41. The van der Waals surface area contributed by atoms with Crippen molar-refractivity contribution in [3.8, 4) is 0 Å². The second-order valence-electron chi connectivity index (χ2n) is 5.52. The maximum atomic E-state index is 12.1. The number of hydrogen-bond acceptors (Lipinski definition) is 4. The van der Waals surface area contributed by atoms with Crippen LogP contribution in [-0.2, 0) is 17.8 Å². The minimum absolute atomic E-state index is 0.00529. The highest BCUT2D eigenvalue weighted by Gasteiger charge is 2.09. The van der Waals surface area contributed by atoms with Crippen LogP contribution in [0.5, 0.6) is 0 Å². The number of nitrogens with one attached hydrogen (secondary N) is 3. The highest BCUT2D eigenvalue weighted by Crippen LogP contribution is 2.14. The van der Waals surface area contributed by atoms with Crippen molar-refractivity contribution in [2.45, 2.75) is 13.0 Å². The number of amidine groups is 1. The molecule has 122 valence electrons. The number of anilines is 1. The Morgan fingerprint density at radius 1 is 1.21 bits per heavy atom. The SMILES string of the molecule is N=C(N)c1ccc2nc(CC(=O)NCc3ccc(N)cc3)[nH]c2c1. The third-order valence-electron chi connectivity index (χ3n) is 3.64. The molecule has 1 amide bonds. The number of fused-ring (bicyclic) bond motifs is 1. The van der Waals surface area contributed by atoms with Gasteiger partial charge < -0.3 is 21.8 Å². The summed E-state index contributed by atoms with van der Waals surface area (Å²) in [5.74, 6) is 0.437. The number of aromatic amines is 1. The van der Waals surface area contributed by atoms with Crippen molar-refractivity contribution < 1.29 is 4.79 Å². The standard InChI is InChI=1S/C17H18N6O/c18-12-4-1-10(2-5-12)9-21-16(24)8-15-22-13-6-3-11(17(19)20)7-14(13)23-15/h1-7H,8-9,18H2,(H3,19,20)(H,21,24)(H,22,23). The van der Waals surface area contributed by atoms with Gasteiger partial charge in [0.05, 0.1) is 17.5 Å².